The van der Waals surface area contributed by atoms with Crippen LogP contribution in [0.1, 0.15) is 41.7 Å². The average molecular weight is 464 g/mol. The number of nitrogens with zero attached hydrogens (tertiary/aromatic N) is 7. The molecule has 0 fully saturated rings. The monoisotopic (exact) mass is 463 g/mol. The molecule has 6 rings (SSSR count). The van der Waals surface area contributed by atoms with Gasteiger partial charge in [-0.1, -0.05) is 30.3 Å². The van der Waals surface area contributed by atoms with Crippen molar-refractivity contribution in [2.24, 2.45) is 0 Å². The third kappa shape index (κ3) is 3.19. The lowest BCUT2D eigenvalue weighted by atomic mass is 9.85. The molecule has 5 aromatic rings. The average Bonchev–Trinajstić information content (AvgIpc) is 3.43. The summed E-state index contributed by atoms with van der Waals surface area (Å²) in [6, 6.07) is 14.8. The van der Waals surface area contributed by atoms with E-state index in [1.807, 2.05) is 24.3 Å². The van der Waals surface area contributed by atoms with Crippen LogP contribution in [0.15, 0.2) is 72.4 Å². The molecule has 0 bridgehead atoms. The van der Waals surface area contributed by atoms with Crippen molar-refractivity contribution >= 4 is 22.2 Å². The topological polar surface area (TPSA) is 115 Å². The van der Waals surface area contributed by atoms with Crippen LogP contribution in [0, 0.1) is 11.3 Å². The molecule has 0 aliphatic heterocycles. The largest absolute Gasteiger partial charge is 0.388 e. The van der Waals surface area contributed by atoms with Gasteiger partial charge in [0.15, 0.2) is 5.65 Å². The van der Waals surface area contributed by atoms with Gasteiger partial charge in [0.25, 0.3) is 0 Å². The van der Waals surface area contributed by atoms with Crippen molar-refractivity contribution < 1.29 is 5.11 Å². The molecule has 35 heavy (non-hydrogen) atoms. The number of aliphatic hydroxyl groups excluding tert-OH is 1. The van der Waals surface area contributed by atoms with E-state index in [0.717, 1.165) is 11.1 Å². The molecule has 9 nitrogen and oxygen atoms in total. The molecule has 1 aliphatic carbocycles. The Labute approximate surface area is 199 Å². The van der Waals surface area contributed by atoms with Crippen molar-refractivity contribution in [3.8, 4) is 12.0 Å². The smallest absolute Gasteiger partial charge is 0.331 e. The Kier molecular flexibility index (Phi) is 4.83. The number of aliphatic hydroxyl groups is 1. The predicted molar refractivity (Wildman–Crippen MR) is 130 cm³/mol. The zero-order valence-electron chi connectivity index (χ0n) is 18.7. The number of aromatic nitrogens is 6. The molecule has 3 aromatic heterocycles. The highest BCUT2D eigenvalue weighted by Gasteiger charge is 2.30. The Bertz CT molecular complexity index is 1720. The Morgan fingerprint density at radius 3 is 2.77 bits per heavy atom. The van der Waals surface area contributed by atoms with Crippen LogP contribution in [0.4, 0.5) is 0 Å². The number of imidazole rings is 2. The molecular weight excluding hydrogens is 442 g/mol. The van der Waals surface area contributed by atoms with E-state index >= 15 is 0 Å². The van der Waals surface area contributed by atoms with Gasteiger partial charge in [0.05, 0.1) is 41.0 Å². The predicted octanol–water partition coefficient (Wildman–Crippen LogP) is 3.41. The van der Waals surface area contributed by atoms with Crippen molar-refractivity contribution in [1.82, 2.24) is 28.7 Å². The molecule has 0 spiro atoms. The molecule has 9 heteroatoms. The number of hydrogen-bond donors (Lipinski definition) is 1. The summed E-state index contributed by atoms with van der Waals surface area (Å²) in [5, 5.41) is 19.9. The third-order valence-corrected chi connectivity index (χ3v) is 6.64. The first kappa shape index (κ1) is 21.0. The second kappa shape index (κ2) is 8.04. The van der Waals surface area contributed by atoms with Crippen molar-refractivity contribution in [1.29, 1.82) is 5.26 Å². The Balaban J connectivity index is 1.60. The van der Waals surface area contributed by atoms with E-state index in [9.17, 15) is 15.2 Å². The van der Waals surface area contributed by atoms with Gasteiger partial charge in [0.1, 0.15) is 11.8 Å². The summed E-state index contributed by atoms with van der Waals surface area (Å²) in [7, 11) is 0. The summed E-state index contributed by atoms with van der Waals surface area (Å²) >= 11 is 0. The van der Waals surface area contributed by atoms with E-state index in [0.29, 0.717) is 53.1 Å². The highest BCUT2D eigenvalue weighted by atomic mass is 16.3. The molecule has 1 aliphatic rings. The maximum absolute atomic E-state index is 13.7. The maximum Gasteiger partial charge on any atom is 0.331 e. The summed E-state index contributed by atoms with van der Waals surface area (Å²) in [4.78, 5) is 27.4. The summed E-state index contributed by atoms with van der Waals surface area (Å²) in [5.41, 5.74) is 4.56. The minimum atomic E-state index is -0.559. The van der Waals surface area contributed by atoms with Crippen molar-refractivity contribution in [2.75, 3.05) is 0 Å². The fraction of sp³-hybridized carbons (Fsp3) is 0.192. The molecule has 0 amide bonds. The van der Waals surface area contributed by atoms with Crippen molar-refractivity contribution in [2.45, 2.75) is 31.5 Å². The molecule has 2 aromatic carbocycles. The van der Waals surface area contributed by atoms with Crippen LogP contribution in [-0.4, -0.2) is 33.8 Å². The standard InChI is InChI=1S/C26H21N7O2/c1-2-11-31-22-14-28-25(32-15-29-19-8-7-16(13-27)12-21(19)32)30-24(22)33(26(31)35)20-9-10-23(34)18-6-4-3-5-17(18)20/h2-8,12,14-15,20,23,34H,1,9-11H2/t20-,23-/m1/s1. The normalized spacial score (nSPS) is 17.4. The van der Waals surface area contributed by atoms with Gasteiger partial charge in [0.2, 0.25) is 5.95 Å². The SMILES string of the molecule is C=CCn1c(=O)n([C@@H]2CC[C@@H](O)c3ccccc32)c2nc(-n3cnc4ccc(C#N)cc43)ncc21. The summed E-state index contributed by atoms with van der Waals surface area (Å²) in [6.07, 6.45) is 5.51. The summed E-state index contributed by atoms with van der Waals surface area (Å²) in [5.74, 6) is 0.351. The lowest BCUT2D eigenvalue weighted by Crippen LogP contribution is -2.30. The first-order valence-corrected chi connectivity index (χ1v) is 11.3. The number of hydrogen-bond acceptors (Lipinski definition) is 6. The van der Waals surface area contributed by atoms with Gasteiger partial charge in [-0.05, 0) is 42.2 Å². The molecule has 172 valence electrons. The molecular formula is C26H21N7O2. The van der Waals surface area contributed by atoms with Crippen LogP contribution in [0.25, 0.3) is 28.1 Å². The summed E-state index contributed by atoms with van der Waals surface area (Å²) < 4.78 is 5.03. The van der Waals surface area contributed by atoms with Gasteiger partial charge in [-0.25, -0.2) is 14.8 Å². The third-order valence-electron chi connectivity index (χ3n) is 6.64. The lowest BCUT2D eigenvalue weighted by Gasteiger charge is -2.29. The molecule has 1 N–H and O–H groups in total. The van der Waals surface area contributed by atoms with Crippen molar-refractivity contribution in [3.05, 3.63) is 94.8 Å². The fourth-order valence-corrected chi connectivity index (χ4v) is 5.00. The second-order valence-corrected chi connectivity index (χ2v) is 8.60. The lowest BCUT2D eigenvalue weighted by molar-refractivity contribution is 0.147. The number of rotatable bonds is 4. The van der Waals surface area contributed by atoms with Gasteiger partial charge < -0.3 is 5.11 Å². The number of benzene rings is 2. The number of allylic oxidation sites excluding steroid dienone is 1. The van der Waals surface area contributed by atoms with E-state index in [4.69, 9.17) is 4.98 Å². The van der Waals surface area contributed by atoms with Crippen molar-refractivity contribution in [3.63, 3.8) is 0 Å². The van der Waals surface area contributed by atoms with Gasteiger partial charge in [-0.15, -0.1) is 6.58 Å². The van der Waals surface area contributed by atoms with E-state index in [-0.39, 0.29) is 11.7 Å². The molecule has 0 saturated heterocycles. The molecule has 0 saturated carbocycles. The Morgan fingerprint density at radius 2 is 1.97 bits per heavy atom. The zero-order valence-corrected chi connectivity index (χ0v) is 18.7. The van der Waals surface area contributed by atoms with Crippen LogP contribution >= 0.6 is 0 Å². The molecule has 0 unspecified atom stereocenters. The number of nitriles is 1. The quantitative estimate of drug-likeness (QED) is 0.409. The highest BCUT2D eigenvalue weighted by Crippen LogP contribution is 2.38. The van der Waals surface area contributed by atoms with Crippen LogP contribution in [0.2, 0.25) is 0 Å². The van der Waals surface area contributed by atoms with Crippen LogP contribution in [0.5, 0.6) is 0 Å². The van der Waals surface area contributed by atoms with Crippen LogP contribution in [-0.2, 0) is 6.54 Å². The highest BCUT2D eigenvalue weighted by molar-refractivity contribution is 5.79. The van der Waals surface area contributed by atoms with Gasteiger partial charge >= 0.3 is 5.69 Å². The van der Waals surface area contributed by atoms with E-state index in [2.05, 4.69) is 22.6 Å². The van der Waals surface area contributed by atoms with Crippen LogP contribution in [0.3, 0.4) is 0 Å². The Hall–Kier alpha value is -4.55. The second-order valence-electron chi connectivity index (χ2n) is 8.60. The minimum Gasteiger partial charge on any atom is -0.388 e. The molecule has 0 radical (unpaired) electrons. The maximum atomic E-state index is 13.7. The minimum absolute atomic E-state index is 0.204. The van der Waals surface area contributed by atoms with E-state index in [1.165, 1.54) is 0 Å². The fourth-order valence-electron chi connectivity index (χ4n) is 5.00. The van der Waals surface area contributed by atoms with Crippen LogP contribution < -0.4 is 5.69 Å². The molecule has 2 atom stereocenters. The van der Waals surface area contributed by atoms with E-state index in [1.54, 1.807) is 50.5 Å². The summed E-state index contributed by atoms with van der Waals surface area (Å²) in [6.45, 7) is 4.12. The van der Waals surface area contributed by atoms with Gasteiger partial charge in [-0.3, -0.25) is 13.7 Å². The molecule has 3 heterocycles. The first-order valence-electron chi connectivity index (χ1n) is 11.3. The first-order chi connectivity index (χ1) is 17.1. The zero-order chi connectivity index (χ0) is 24.1. The van der Waals surface area contributed by atoms with Gasteiger partial charge in [-0.2, -0.15) is 10.2 Å². The number of fused-ring (bicyclic) bond motifs is 3. The van der Waals surface area contributed by atoms with E-state index < -0.39 is 6.10 Å². The van der Waals surface area contributed by atoms with Gasteiger partial charge in [0, 0.05) is 6.54 Å². The Morgan fingerprint density at radius 1 is 1.14 bits per heavy atom.